The summed E-state index contributed by atoms with van der Waals surface area (Å²) in [7, 11) is 0. The Balaban J connectivity index is 1.98. The smallest absolute Gasteiger partial charge is 0.227 e. The number of nitrogens with zero attached hydrogens (tertiary/aromatic N) is 3. The molecule has 6 heteroatoms. The number of hydrogen-bond acceptors (Lipinski definition) is 3. The lowest BCUT2D eigenvalue weighted by Crippen LogP contribution is -2.15. The van der Waals surface area contributed by atoms with Gasteiger partial charge in [-0.15, -0.1) is 0 Å². The van der Waals surface area contributed by atoms with Gasteiger partial charge in [-0.2, -0.15) is 5.10 Å². The van der Waals surface area contributed by atoms with Gasteiger partial charge in [0.05, 0.1) is 10.7 Å². The van der Waals surface area contributed by atoms with E-state index in [0.29, 0.717) is 16.4 Å². The molecule has 0 aliphatic heterocycles. The average Bonchev–Trinajstić information content (AvgIpc) is 3.07. The Bertz CT molecular complexity index is 578. The summed E-state index contributed by atoms with van der Waals surface area (Å²) in [4.78, 5) is 15.7. The van der Waals surface area contributed by atoms with Crippen LogP contribution in [0.15, 0.2) is 30.9 Å². The number of carbonyl (C=O) groups excluding carboxylic acids is 1. The molecule has 0 unspecified atom stereocenters. The fraction of sp³-hybridized carbons (Fsp3) is 0.250. The van der Waals surface area contributed by atoms with Crippen molar-refractivity contribution in [2.75, 3.05) is 5.32 Å². The van der Waals surface area contributed by atoms with Gasteiger partial charge < -0.3 is 5.32 Å². The van der Waals surface area contributed by atoms with Crippen LogP contribution in [0.1, 0.15) is 12.8 Å². The number of para-hydroxylation sites is 1. The second kappa shape index (κ2) is 4.42. The Morgan fingerprint density at radius 1 is 1.44 bits per heavy atom. The number of halogens is 1. The van der Waals surface area contributed by atoms with E-state index in [1.54, 1.807) is 23.1 Å². The Hall–Kier alpha value is -1.88. The molecule has 0 radical (unpaired) electrons. The molecule has 92 valence electrons. The van der Waals surface area contributed by atoms with Gasteiger partial charge in [0.1, 0.15) is 18.3 Å². The topological polar surface area (TPSA) is 59.8 Å². The molecule has 18 heavy (non-hydrogen) atoms. The first-order chi connectivity index (χ1) is 8.75. The van der Waals surface area contributed by atoms with Crippen molar-refractivity contribution in [1.29, 1.82) is 0 Å². The lowest BCUT2D eigenvalue weighted by Gasteiger charge is -2.11. The summed E-state index contributed by atoms with van der Waals surface area (Å²) in [5.74, 6) is 0.186. The highest BCUT2D eigenvalue weighted by molar-refractivity contribution is 6.33. The molecule has 0 spiro atoms. The van der Waals surface area contributed by atoms with Crippen molar-refractivity contribution in [3.63, 3.8) is 0 Å². The van der Waals surface area contributed by atoms with E-state index in [2.05, 4.69) is 15.4 Å². The number of anilines is 1. The van der Waals surface area contributed by atoms with Crippen LogP contribution < -0.4 is 5.32 Å². The number of amides is 1. The van der Waals surface area contributed by atoms with E-state index >= 15 is 0 Å². The maximum Gasteiger partial charge on any atom is 0.227 e. The molecular formula is C12H11ClN4O. The summed E-state index contributed by atoms with van der Waals surface area (Å²) < 4.78 is 1.55. The number of carbonyl (C=O) groups is 1. The Morgan fingerprint density at radius 2 is 2.28 bits per heavy atom. The molecule has 1 aliphatic rings. The highest BCUT2D eigenvalue weighted by Crippen LogP contribution is 2.33. The van der Waals surface area contributed by atoms with E-state index in [1.165, 1.54) is 6.33 Å². The van der Waals surface area contributed by atoms with Crippen LogP contribution in [0.2, 0.25) is 5.02 Å². The van der Waals surface area contributed by atoms with Crippen molar-refractivity contribution in [3.05, 3.63) is 35.9 Å². The Kier molecular flexibility index (Phi) is 2.76. The number of aromatic nitrogens is 3. The van der Waals surface area contributed by atoms with Gasteiger partial charge in [0.25, 0.3) is 0 Å². The molecule has 3 rings (SSSR count). The SMILES string of the molecule is O=C(Nc1cccc(Cl)c1-n1cncn1)C1CC1. The highest BCUT2D eigenvalue weighted by Gasteiger charge is 2.30. The van der Waals surface area contributed by atoms with E-state index in [0.717, 1.165) is 12.8 Å². The predicted molar refractivity (Wildman–Crippen MR) is 67.7 cm³/mol. The molecule has 1 fully saturated rings. The summed E-state index contributed by atoms with van der Waals surface area (Å²) in [5, 5.41) is 7.46. The zero-order chi connectivity index (χ0) is 12.5. The summed E-state index contributed by atoms with van der Waals surface area (Å²) in [6, 6.07) is 5.36. The van der Waals surface area contributed by atoms with Crippen molar-refractivity contribution < 1.29 is 4.79 Å². The van der Waals surface area contributed by atoms with E-state index in [9.17, 15) is 4.79 Å². The predicted octanol–water partition coefficient (Wildman–Crippen LogP) is 2.27. The third kappa shape index (κ3) is 2.09. The number of benzene rings is 1. The lowest BCUT2D eigenvalue weighted by molar-refractivity contribution is -0.117. The van der Waals surface area contributed by atoms with Gasteiger partial charge in [-0.1, -0.05) is 17.7 Å². The Labute approximate surface area is 109 Å². The maximum atomic E-state index is 11.8. The second-order valence-corrected chi connectivity index (χ2v) is 4.65. The first-order valence-corrected chi connectivity index (χ1v) is 6.08. The standard InChI is InChI=1S/C12H11ClN4O/c13-9-2-1-3-10(16-12(18)8-4-5-8)11(9)17-7-14-6-15-17/h1-3,6-8H,4-5H2,(H,16,18). The normalized spacial score (nSPS) is 14.5. The van der Waals surface area contributed by atoms with Crippen LogP contribution in [0.5, 0.6) is 0 Å². The minimum Gasteiger partial charge on any atom is -0.324 e. The van der Waals surface area contributed by atoms with Crippen LogP contribution in [-0.4, -0.2) is 20.7 Å². The van der Waals surface area contributed by atoms with Crippen molar-refractivity contribution >= 4 is 23.2 Å². The van der Waals surface area contributed by atoms with Gasteiger partial charge in [-0.25, -0.2) is 9.67 Å². The highest BCUT2D eigenvalue weighted by atomic mass is 35.5. The first-order valence-electron chi connectivity index (χ1n) is 5.70. The second-order valence-electron chi connectivity index (χ2n) is 4.24. The largest absolute Gasteiger partial charge is 0.324 e. The van der Waals surface area contributed by atoms with E-state index < -0.39 is 0 Å². The van der Waals surface area contributed by atoms with Crippen LogP contribution >= 0.6 is 11.6 Å². The average molecular weight is 263 g/mol. The third-order valence-electron chi connectivity index (χ3n) is 2.84. The lowest BCUT2D eigenvalue weighted by atomic mass is 10.2. The summed E-state index contributed by atoms with van der Waals surface area (Å²) in [5.41, 5.74) is 1.30. The van der Waals surface area contributed by atoms with Crippen LogP contribution in [0.4, 0.5) is 5.69 Å². The quantitative estimate of drug-likeness (QED) is 0.923. The number of rotatable bonds is 3. The molecule has 1 aliphatic carbocycles. The number of nitrogens with one attached hydrogen (secondary N) is 1. The molecule has 0 saturated heterocycles. The number of hydrogen-bond donors (Lipinski definition) is 1. The molecule has 1 N–H and O–H groups in total. The molecular weight excluding hydrogens is 252 g/mol. The fourth-order valence-electron chi connectivity index (χ4n) is 1.75. The molecule has 1 heterocycles. The van der Waals surface area contributed by atoms with Crippen molar-refractivity contribution in [1.82, 2.24) is 14.8 Å². The van der Waals surface area contributed by atoms with Crippen LogP contribution in [0, 0.1) is 5.92 Å². The fourth-order valence-corrected chi connectivity index (χ4v) is 2.01. The van der Waals surface area contributed by atoms with Crippen LogP contribution in [-0.2, 0) is 4.79 Å². The van der Waals surface area contributed by atoms with Gasteiger partial charge in [0.2, 0.25) is 5.91 Å². The molecule has 0 bridgehead atoms. The minimum atomic E-state index is 0.0404. The molecule has 2 aromatic rings. The van der Waals surface area contributed by atoms with Gasteiger partial charge in [-0.05, 0) is 25.0 Å². The maximum absolute atomic E-state index is 11.8. The van der Waals surface area contributed by atoms with Gasteiger partial charge in [0.15, 0.2) is 0 Å². The first kappa shape index (κ1) is 11.2. The molecule has 1 aromatic carbocycles. The molecule has 1 saturated carbocycles. The molecule has 5 nitrogen and oxygen atoms in total. The van der Waals surface area contributed by atoms with Crippen molar-refractivity contribution in [2.24, 2.45) is 5.92 Å². The zero-order valence-corrected chi connectivity index (χ0v) is 10.3. The summed E-state index contributed by atoms with van der Waals surface area (Å²) in [6.45, 7) is 0. The van der Waals surface area contributed by atoms with Crippen LogP contribution in [0.3, 0.4) is 0 Å². The van der Waals surface area contributed by atoms with Gasteiger partial charge in [-0.3, -0.25) is 4.79 Å². The van der Waals surface area contributed by atoms with E-state index in [1.807, 2.05) is 6.07 Å². The molecule has 0 atom stereocenters. The monoisotopic (exact) mass is 262 g/mol. The van der Waals surface area contributed by atoms with Gasteiger partial charge >= 0.3 is 0 Å². The van der Waals surface area contributed by atoms with Crippen LogP contribution in [0.25, 0.3) is 5.69 Å². The third-order valence-corrected chi connectivity index (χ3v) is 3.15. The minimum absolute atomic E-state index is 0.0404. The van der Waals surface area contributed by atoms with Gasteiger partial charge in [0, 0.05) is 5.92 Å². The van der Waals surface area contributed by atoms with Crippen molar-refractivity contribution in [2.45, 2.75) is 12.8 Å². The zero-order valence-electron chi connectivity index (χ0n) is 9.51. The van der Waals surface area contributed by atoms with E-state index in [-0.39, 0.29) is 11.8 Å². The van der Waals surface area contributed by atoms with Crippen molar-refractivity contribution in [3.8, 4) is 5.69 Å². The molecule has 1 amide bonds. The summed E-state index contributed by atoms with van der Waals surface area (Å²) in [6.07, 6.45) is 4.90. The summed E-state index contributed by atoms with van der Waals surface area (Å²) >= 11 is 6.16. The van der Waals surface area contributed by atoms with E-state index in [4.69, 9.17) is 11.6 Å². The Morgan fingerprint density at radius 3 is 2.94 bits per heavy atom. The molecule has 1 aromatic heterocycles.